The van der Waals surface area contributed by atoms with Gasteiger partial charge in [0.1, 0.15) is 10.8 Å². The summed E-state index contributed by atoms with van der Waals surface area (Å²) in [6.07, 6.45) is -3.56. The highest BCUT2D eigenvalue weighted by atomic mass is 35.5. The first-order valence-electron chi connectivity index (χ1n) is 4.15. The van der Waals surface area contributed by atoms with Gasteiger partial charge in [-0.2, -0.15) is 0 Å². The van der Waals surface area contributed by atoms with Crippen molar-refractivity contribution in [2.24, 2.45) is 0 Å². The van der Waals surface area contributed by atoms with Crippen molar-refractivity contribution >= 4 is 17.6 Å². The normalized spacial score (nSPS) is 10.6. The van der Waals surface area contributed by atoms with Crippen LogP contribution in [0, 0.1) is 5.82 Å². The fourth-order valence-corrected chi connectivity index (χ4v) is 1.29. The number of halogens is 4. The summed E-state index contributed by atoms with van der Waals surface area (Å²) in [7, 11) is 1.11. The van der Waals surface area contributed by atoms with E-state index in [9.17, 15) is 18.0 Å². The number of rotatable bonds is 3. The number of carbonyl (C=O) groups excluding carboxylic acids is 1. The van der Waals surface area contributed by atoms with E-state index in [0.29, 0.717) is 0 Å². The van der Waals surface area contributed by atoms with Crippen molar-refractivity contribution < 1.29 is 22.7 Å². The van der Waals surface area contributed by atoms with Gasteiger partial charge < -0.3 is 4.74 Å². The van der Waals surface area contributed by atoms with Crippen molar-refractivity contribution in [1.29, 1.82) is 0 Å². The van der Waals surface area contributed by atoms with Crippen molar-refractivity contribution in [2.45, 2.75) is 12.8 Å². The van der Waals surface area contributed by atoms with Crippen LogP contribution in [0.5, 0.6) is 0 Å². The molecule has 0 radical (unpaired) electrons. The van der Waals surface area contributed by atoms with E-state index >= 15 is 0 Å². The average molecular weight is 254 g/mol. The minimum Gasteiger partial charge on any atom is -0.469 e. The lowest BCUT2D eigenvalue weighted by atomic mass is 10.1. The van der Waals surface area contributed by atoms with Crippen LogP contribution in [-0.4, -0.2) is 18.1 Å². The molecule has 88 valence electrons. The van der Waals surface area contributed by atoms with Gasteiger partial charge in [-0.05, 0) is 6.07 Å². The molecule has 0 amide bonds. The van der Waals surface area contributed by atoms with E-state index < -0.39 is 30.3 Å². The molecule has 1 aromatic rings. The zero-order chi connectivity index (χ0) is 12.3. The van der Waals surface area contributed by atoms with Gasteiger partial charge in [0.25, 0.3) is 6.43 Å². The van der Waals surface area contributed by atoms with E-state index in [4.69, 9.17) is 11.6 Å². The molecule has 0 unspecified atom stereocenters. The van der Waals surface area contributed by atoms with E-state index in [1.54, 1.807) is 0 Å². The zero-order valence-corrected chi connectivity index (χ0v) is 8.89. The Balaban J connectivity index is 3.14. The number of hydrogen-bond acceptors (Lipinski definition) is 3. The van der Waals surface area contributed by atoms with Crippen molar-refractivity contribution in [2.75, 3.05) is 7.11 Å². The monoisotopic (exact) mass is 253 g/mol. The summed E-state index contributed by atoms with van der Waals surface area (Å²) in [4.78, 5) is 14.0. The van der Waals surface area contributed by atoms with Crippen molar-refractivity contribution in [3.63, 3.8) is 0 Å². The Morgan fingerprint density at radius 1 is 1.62 bits per heavy atom. The van der Waals surface area contributed by atoms with E-state index in [1.165, 1.54) is 0 Å². The lowest BCUT2D eigenvalue weighted by molar-refractivity contribution is -0.139. The number of carbonyl (C=O) groups is 1. The van der Waals surface area contributed by atoms with Crippen LogP contribution in [0.25, 0.3) is 0 Å². The lowest BCUT2D eigenvalue weighted by Gasteiger charge is -2.07. The van der Waals surface area contributed by atoms with E-state index in [1.807, 2.05) is 0 Å². The number of aromatic nitrogens is 1. The lowest BCUT2D eigenvalue weighted by Crippen LogP contribution is -2.09. The standard InChI is InChI=1S/C9H7ClF3NO2/c1-16-6(15)3-4-2-5(10)14-8(7(4)11)9(12)13/h2,9H,3H2,1H3. The van der Waals surface area contributed by atoms with E-state index in [0.717, 1.165) is 13.2 Å². The van der Waals surface area contributed by atoms with E-state index in [2.05, 4.69) is 9.72 Å². The second-order valence-corrected chi connectivity index (χ2v) is 3.24. The van der Waals surface area contributed by atoms with Gasteiger partial charge >= 0.3 is 5.97 Å². The molecule has 0 spiro atoms. The van der Waals surface area contributed by atoms with Crippen LogP contribution in [0.4, 0.5) is 13.2 Å². The van der Waals surface area contributed by atoms with Gasteiger partial charge in [-0.3, -0.25) is 4.79 Å². The minimum absolute atomic E-state index is 0.262. The molecule has 0 aliphatic rings. The summed E-state index contributed by atoms with van der Waals surface area (Å²) in [5, 5.41) is -0.296. The van der Waals surface area contributed by atoms with Crippen LogP contribution in [0.2, 0.25) is 5.15 Å². The van der Waals surface area contributed by atoms with Crippen LogP contribution in [-0.2, 0) is 16.0 Å². The highest BCUT2D eigenvalue weighted by molar-refractivity contribution is 6.29. The molecule has 1 rings (SSSR count). The summed E-state index contributed by atoms with van der Waals surface area (Å²) >= 11 is 5.43. The second kappa shape index (κ2) is 5.16. The molecule has 0 saturated carbocycles. The number of ether oxygens (including phenoxy) is 1. The summed E-state index contributed by atoms with van der Waals surface area (Å²) in [6.45, 7) is 0. The maximum atomic E-state index is 13.4. The number of hydrogen-bond donors (Lipinski definition) is 0. The Bertz CT molecular complexity index is 412. The fourth-order valence-electron chi connectivity index (χ4n) is 1.07. The Morgan fingerprint density at radius 2 is 2.25 bits per heavy atom. The molecule has 16 heavy (non-hydrogen) atoms. The molecule has 1 aromatic heterocycles. The number of pyridine rings is 1. The Kier molecular flexibility index (Phi) is 4.12. The summed E-state index contributed by atoms with van der Waals surface area (Å²) in [6, 6.07) is 1.01. The highest BCUT2D eigenvalue weighted by Crippen LogP contribution is 2.25. The van der Waals surface area contributed by atoms with Gasteiger partial charge in [0.15, 0.2) is 5.82 Å². The number of methoxy groups -OCH3 is 1. The van der Waals surface area contributed by atoms with E-state index in [-0.39, 0.29) is 10.7 Å². The van der Waals surface area contributed by atoms with Gasteiger partial charge in [-0.25, -0.2) is 18.2 Å². The third kappa shape index (κ3) is 2.85. The van der Waals surface area contributed by atoms with Crippen LogP contribution >= 0.6 is 11.6 Å². The molecule has 0 aliphatic carbocycles. The molecule has 0 bridgehead atoms. The van der Waals surface area contributed by atoms with Gasteiger partial charge in [0.05, 0.1) is 13.5 Å². The molecule has 3 nitrogen and oxygen atoms in total. The second-order valence-electron chi connectivity index (χ2n) is 2.86. The first-order chi connectivity index (χ1) is 7.45. The van der Waals surface area contributed by atoms with Crippen molar-refractivity contribution in [3.8, 4) is 0 Å². The Morgan fingerprint density at radius 3 is 2.75 bits per heavy atom. The molecular formula is C9H7ClF3NO2. The topological polar surface area (TPSA) is 39.2 Å². The summed E-state index contributed by atoms with van der Waals surface area (Å²) in [5.74, 6) is -1.98. The van der Waals surface area contributed by atoms with Crippen molar-refractivity contribution in [3.05, 3.63) is 28.3 Å². The molecular weight excluding hydrogens is 247 g/mol. The van der Waals surface area contributed by atoms with Gasteiger partial charge in [0, 0.05) is 5.56 Å². The molecule has 0 aromatic carbocycles. The Labute approximate surface area is 94.2 Å². The predicted octanol–water partition coefficient (Wildman–Crippen LogP) is 2.53. The van der Waals surface area contributed by atoms with Gasteiger partial charge in [0.2, 0.25) is 0 Å². The number of nitrogens with zero attached hydrogens (tertiary/aromatic N) is 1. The van der Waals surface area contributed by atoms with Crippen molar-refractivity contribution in [1.82, 2.24) is 4.98 Å². The smallest absolute Gasteiger partial charge is 0.310 e. The highest BCUT2D eigenvalue weighted by Gasteiger charge is 2.21. The average Bonchev–Trinajstić information content (AvgIpc) is 2.22. The van der Waals surface area contributed by atoms with Crippen LogP contribution in [0.15, 0.2) is 6.07 Å². The third-order valence-corrected chi connectivity index (χ3v) is 1.99. The quantitative estimate of drug-likeness (QED) is 0.614. The van der Waals surface area contributed by atoms with Gasteiger partial charge in [-0.15, -0.1) is 0 Å². The molecule has 0 N–H and O–H groups in total. The molecule has 7 heteroatoms. The largest absolute Gasteiger partial charge is 0.469 e. The maximum Gasteiger partial charge on any atom is 0.310 e. The molecule has 0 fully saturated rings. The first kappa shape index (κ1) is 12.8. The number of esters is 1. The first-order valence-corrected chi connectivity index (χ1v) is 4.53. The number of alkyl halides is 2. The zero-order valence-electron chi connectivity index (χ0n) is 8.14. The van der Waals surface area contributed by atoms with Crippen LogP contribution < -0.4 is 0 Å². The predicted molar refractivity (Wildman–Crippen MR) is 49.9 cm³/mol. The van der Waals surface area contributed by atoms with Gasteiger partial charge in [-0.1, -0.05) is 11.6 Å². The SMILES string of the molecule is COC(=O)Cc1cc(Cl)nc(C(F)F)c1F. The fraction of sp³-hybridized carbons (Fsp3) is 0.333. The summed E-state index contributed by atoms with van der Waals surface area (Å²) < 4.78 is 42.3. The summed E-state index contributed by atoms with van der Waals surface area (Å²) in [5.41, 5.74) is -1.33. The Hall–Kier alpha value is -1.30. The molecule has 0 aliphatic heterocycles. The van der Waals surface area contributed by atoms with Crippen LogP contribution in [0.1, 0.15) is 17.7 Å². The molecule has 1 heterocycles. The third-order valence-electron chi connectivity index (χ3n) is 1.80. The van der Waals surface area contributed by atoms with Crippen LogP contribution in [0.3, 0.4) is 0 Å². The molecule has 0 atom stereocenters. The maximum absolute atomic E-state index is 13.4. The minimum atomic E-state index is -3.09. The molecule has 0 saturated heterocycles.